The van der Waals surface area contributed by atoms with Crippen molar-refractivity contribution in [2.45, 2.75) is 6.54 Å². The van der Waals surface area contributed by atoms with Crippen molar-refractivity contribution in [3.63, 3.8) is 0 Å². The number of morpholine rings is 1. The first-order chi connectivity index (χ1) is 19.5. The van der Waals surface area contributed by atoms with E-state index < -0.39 is 0 Å². The van der Waals surface area contributed by atoms with Gasteiger partial charge >= 0.3 is 0 Å². The number of nitrogens with zero attached hydrogens (tertiary/aromatic N) is 3. The number of carbonyl (C=O) groups is 2. The van der Waals surface area contributed by atoms with Crippen LogP contribution in [0.3, 0.4) is 0 Å². The van der Waals surface area contributed by atoms with Crippen molar-refractivity contribution in [3.05, 3.63) is 94.0 Å². The fourth-order valence-corrected chi connectivity index (χ4v) is 5.54. The van der Waals surface area contributed by atoms with Crippen molar-refractivity contribution in [1.29, 1.82) is 0 Å². The summed E-state index contributed by atoms with van der Waals surface area (Å²) in [5, 5.41) is 6.07. The van der Waals surface area contributed by atoms with Crippen LogP contribution in [0.1, 0.15) is 26.3 Å². The molecule has 40 heavy (non-hydrogen) atoms. The van der Waals surface area contributed by atoms with E-state index in [1.54, 1.807) is 18.2 Å². The molecule has 2 amide bonds. The topological polar surface area (TPSA) is 77.2 Å². The summed E-state index contributed by atoms with van der Waals surface area (Å²) in [6.07, 6.45) is 0. The van der Waals surface area contributed by atoms with Gasteiger partial charge in [-0.2, -0.15) is 0 Å². The molecule has 3 aromatic carbocycles. The Kier molecular flexibility index (Phi) is 9.83. The number of rotatable bonds is 9. The summed E-state index contributed by atoms with van der Waals surface area (Å²) in [6.45, 7) is 8.95. The van der Waals surface area contributed by atoms with Gasteiger partial charge in [0.15, 0.2) is 0 Å². The first kappa shape index (κ1) is 28.3. The number of halogens is 1. The first-order valence-electron chi connectivity index (χ1n) is 13.9. The van der Waals surface area contributed by atoms with Gasteiger partial charge in [-0.05, 0) is 42.0 Å². The zero-order valence-corrected chi connectivity index (χ0v) is 24.2. The van der Waals surface area contributed by atoms with E-state index in [1.165, 1.54) is 5.56 Å². The van der Waals surface area contributed by atoms with Crippen molar-refractivity contribution in [1.82, 2.24) is 15.1 Å². The average Bonchev–Trinajstić information content (AvgIpc) is 2.98. The molecule has 2 heterocycles. The molecule has 2 N–H and O–H groups in total. The standard InChI is InChI=1S/C31H36BrN5O3/c32-26-8-4-7-25(21-26)30(38)34-27-9-10-29(28(22-27)31(39)33-11-12-35-17-19-40-20-18-35)37-15-13-36(14-16-37)23-24-5-2-1-3-6-24/h1-10,21-22H,11-20,23H2,(H,33,39)(H,34,38). The van der Waals surface area contributed by atoms with Gasteiger partial charge in [0.05, 0.1) is 18.8 Å². The normalized spacial score (nSPS) is 16.5. The molecule has 0 bridgehead atoms. The molecule has 2 fully saturated rings. The molecule has 0 unspecified atom stereocenters. The molecule has 0 spiro atoms. The number of benzene rings is 3. The number of ether oxygens (including phenoxy) is 1. The largest absolute Gasteiger partial charge is 0.379 e. The molecule has 0 aromatic heterocycles. The summed E-state index contributed by atoms with van der Waals surface area (Å²) in [4.78, 5) is 33.4. The van der Waals surface area contributed by atoms with Crippen LogP contribution in [0.5, 0.6) is 0 Å². The Morgan fingerprint density at radius 1 is 0.800 bits per heavy atom. The van der Waals surface area contributed by atoms with E-state index in [-0.39, 0.29) is 11.8 Å². The minimum Gasteiger partial charge on any atom is -0.379 e. The number of hydrogen-bond donors (Lipinski definition) is 2. The molecule has 2 aliphatic heterocycles. The lowest BCUT2D eigenvalue weighted by Gasteiger charge is -2.37. The van der Waals surface area contributed by atoms with Gasteiger partial charge in [0.2, 0.25) is 0 Å². The highest BCUT2D eigenvalue weighted by molar-refractivity contribution is 9.10. The van der Waals surface area contributed by atoms with Crippen LogP contribution in [0.15, 0.2) is 77.3 Å². The molecule has 0 atom stereocenters. The first-order valence-corrected chi connectivity index (χ1v) is 14.6. The van der Waals surface area contributed by atoms with Gasteiger partial charge in [0, 0.05) is 80.3 Å². The summed E-state index contributed by atoms with van der Waals surface area (Å²) in [6, 6.07) is 23.4. The van der Waals surface area contributed by atoms with E-state index in [0.717, 1.165) is 75.7 Å². The molecule has 2 saturated heterocycles. The van der Waals surface area contributed by atoms with Crippen LogP contribution in [0.2, 0.25) is 0 Å². The third kappa shape index (κ3) is 7.69. The highest BCUT2D eigenvalue weighted by atomic mass is 79.9. The zero-order chi connectivity index (χ0) is 27.7. The maximum atomic E-state index is 13.5. The summed E-state index contributed by atoms with van der Waals surface area (Å²) in [5.74, 6) is -0.351. The Morgan fingerprint density at radius 3 is 2.33 bits per heavy atom. The molecule has 8 nitrogen and oxygen atoms in total. The lowest BCUT2D eigenvalue weighted by molar-refractivity contribution is 0.0383. The van der Waals surface area contributed by atoms with Gasteiger partial charge in [-0.3, -0.25) is 19.4 Å². The Hall–Kier alpha value is -3.24. The molecule has 210 valence electrons. The van der Waals surface area contributed by atoms with Gasteiger partial charge in [-0.15, -0.1) is 0 Å². The average molecular weight is 607 g/mol. The number of amides is 2. The van der Waals surface area contributed by atoms with Gasteiger partial charge in [-0.1, -0.05) is 52.3 Å². The van der Waals surface area contributed by atoms with Crippen molar-refractivity contribution >= 4 is 39.1 Å². The quantitative estimate of drug-likeness (QED) is 0.383. The van der Waals surface area contributed by atoms with Crippen molar-refractivity contribution in [2.75, 3.05) is 75.8 Å². The van der Waals surface area contributed by atoms with E-state index in [4.69, 9.17) is 4.74 Å². The molecular weight excluding hydrogens is 570 g/mol. The molecule has 0 radical (unpaired) electrons. The molecular formula is C31H36BrN5O3. The third-order valence-electron chi connectivity index (χ3n) is 7.37. The highest BCUT2D eigenvalue weighted by Gasteiger charge is 2.23. The second-order valence-electron chi connectivity index (χ2n) is 10.2. The van der Waals surface area contributed by atoms with Crippen LogP contribution >= 0.6 is 15.9 Å². The van der Waals surface area contributed by atoms with Gasteiger partial charge in [0.1, 0.15) is 0 Å². The number of carbonyl (C=O) groups excluding carboxylic acids is 2. The van der Waals surface area contributed by atoms with Crippen LogP contribution in [-0.2, 0) is 11.3 Å². The molecule has 5 rings (SSSR count). The van der Waals surface area contributed by atoms with Gasteiger partial charge < -0.3 is 20.3 Å². The zero-order valence-electron chi connectivity index (χ0n) is 22.7. The predicted octanol–water partition coefficient (Wildman–Crippen LogP) is 4.09. The monoisotopic (exact) mass is 605 g/mol. The van der Waals surface area contributed by atoms with E-state index in [0.29, 0.717) is 23.4 Å². The van der Waals surface area contributed by atoms with Crippen LogP contribution in [0.4, 0.5) is 11.4 Å². The van der Waals surface area contributed by atoms with Crippen LogP contribution < -0.4 is 15.5 Å². The minimum atomic E-state index is -0.220. The van der Waals surface area contributed by atoms with Gasteiger partial charge in [0.25, 0.3) is 11.8 Å². The maximum absolute atomic E-state index is 13.5. The number of nitrogens with one attached hydrogen (secondary N) is 2. The van der Waals surface area contributed by atoms with Crippen LogP contribution in [-0.4, -0.2) is 87.2 Å². The Bertz CT molecular complexity index is 1290. The van der Waals surface area contributed by atoms with Crippen LogP contribution in [0, 0.1) is 0 Å². The smallest absolute Gasteiger partial charge is 0.255 e. The predicted molar refractivity (Wildman–Crippen MR) is 162 cm³/mol. The van der Waals surface area contributed by atoms with Gasteiger partial charge in [-0.25, -0.2) is 0 Å². The number of anilines is 2. The van der Waals surface area contributed by atoms with Crippen LogP contribution in [0.25, 0.3) is 0 Å². The molecule has 2 aliphatic rings. The van der Waals surface area contributed by atoms with E-state index in [9.17, 15) is 9.59 Å². The second kappa shape index (κ2) is 13.9. The summed E-state index contributed by atoms with van der Waals surface area (Å²) < 4.78 is 6.26. The summed E-state index contributed by atoms with van der Waals surface area (Å²) >= 11 is 3.42. The number of piperazine rings is 1. The summed E-state index contributed by atoms with van der Waals surface area (Å²) in [5.41, 5.74) is 3.91. The molecule has 3 aromatic rings. The Balaban J connectivity index is 1.28. The SMILES string of the molecule is O=C(Nc1ccc(N2CCN(Cc3ccccc3)CC2)c(C(=O)NCCN2CCOCC2)c1)c1cccc(Br)c1. The minimum absolute atomic E-state index is 0.131. The molecule has 0 saturated carbocycles. The third-order valence-corrected chi connectivity index (χ3v) is 7.86. The maximum Gasteiger partial charge on any atom is 0.255 e. The Labute approximate surface area is 244 Å². The van der Waals surface area contributed by atoms with Crippen molar-refractivity contribution in [3.8, 4) is 0 Å². The second-order valence-corrected chi connectivity index (χ2v) is 11.1. The summed E-state index contributed by atoms with van der Waals surface area (Å²) in [7, 11) is 0. The number of hydrogen-bond acceptors (Lipinski definition) is 6. The lowest BCUT2D eigenvalue weighted by Crippen LogP contribution is -2.46. The van der Waals surface area contributed by atoms with Crippen molar-refractivity contribution < 1.29 is 14.3 Å². The van der Waals surface area contributed by atoms with E-state index in [1.807, 2.05) is 30.3 Å². The highest BCUT2D eigenvalue weighted by Crippen LogP contribution is 2.27. The molecule has 9 heteroatoms. The Morgan fingerprint density at radius 2 is 1.57 bits per heavy atom. The van der Waals surface area contributed by atoms with E-state index in [2.05, 4.69) is 65.5 Å². The lowest BCUT2D eigenvalue weighted by atomic mass is 10.1. The van der Waals surface area contributed by atoms with Crippen molar-refractivity contribution in [2.24, 2.45) is 0 Å². The fraction of sp³-hybridized carbons (Fsp3) is 0.355. The fourth-order valence-electron chi connectivity index (χ4n) is 5.14. The van der Waals surface area contributed by atoms with E-state index >= 15 is 0 Å². The molecule has 0 aliphatic carbocycles.